The Labute approximate surface area is 68.9 Å². The van der Waals surface area contributed by atoms with Crippen LogP contribution >= 0.6 is 0 Å². The minimum Gasteiger partial charge on any atom is -0.468 e. The highest BCUT2D eigenvalue weighted by Gasteiger charge is 2.05. The summed E-state index contributed by atoms with van der Waals surface area (Å²) in [6.45, 7) is 3.48. The maximum atomic E-state index is 10.9. The van der Waals surface area contributed by atoms with Crippen LogP contribution in [-0.2, 0) is 20.3 Å². The zero-order valence-corrected chi connectivity index (χ0v) is 7.36. The van der Waals surface area contributed by atoms with Crippen LogP contribution in [0.25, 0.3) is 0 Å². The minimum absolute atomic E-state index is 0.00958. The maximum absolute atomic E-state index is 10.9. The highest BCUT2D eigenvalue weighted by Crippen LogP contribution is 1.89. The quantitative estimate of drug-likeness (QED) is 0.452. The number of esters is 1. The van der Waals surface area contributed by atoms with E-state index in [0.717, 1.165) is 0 Å². The van der Waals surface area contributed by atoms with Gasteiger partial charge in [-0.2, -0.15) is 0 Å². The topological polar surface area (TPSA) is 43.4 Å². The standard InChI is InChI=1S/C7H12O3S/c1-3-4-5-11(9)6-7(8)10-2/h3H,1,4-6H2,2H3. The fourth-order valence-electron chi connectivity index (χ4n) is 0.477. The van der Waals surface area contributed by atoms with E-state index in [-0.39, 0.29) is 5.75 Å². The Balaban J connectivity index is 3.51. The molecule has 0 N–H and O–H groups in total. The van der Waals surface area contributed by atoms with E-state index in [2.05, 4.69) is 11.3 Å². The molecule has 4 heteroatoms. The molecule has 0 bridgehead atoms. The van der Waals surface area contributed by atoms with Gasteiger partial charge < -0.3 is 4.74 Å². The number of hydrogen-bond acceptors (Lipinski definition) is 3. The zero-order valence-electron chi connectivity index (χ0n) is 6.54. The van der Waals surface area contributed by atoms with Crippen molar-refractivity contribution in [1.29, 1.82) is 0 Å². The van der Waals surface area contributed by atoms with Gasteiger partial charge in [-0.15, -0.1) is 6.58 Å². The summed E-state index contributed by atoms with van der Waals surface area (Å²) in [6, 6.07) is 0. The molecule has 0 amide bonds. The number of allylic oxidation sites excluding steroid dienone is 1. The average molecular weight is 176 g/mol. The minimum atomic E-state index is -1.10. The number of hydrogen-bond donors (Lipinski definition) is 0. The predicted molar refractivity (Wildman–Crippen MR) is 44.7 cm³/mol. The van der Waals surface area contributed by atoms with Crippen molar-refractivity contribution in [3.05, 3.63) is 12.7 Å². The molecule has 0 aromatic heterocycles. The molecule has 0 aliphatic carbocycles. The smallest absolute Gasteiger partial charge is 0.318 e. The molecule has 11 heavy (non-hydrogen) atoms. The number of rotatable bonds is 5. The van der Waals surface area contributed by atoms with Crippen LogP contribution in [0.15, 0.2) is 12.7 Å². The molecule has 0 rings (SSSR count). The molecule has 1 atom stereocenters. The normalized spacial score (nSPS) is 12.1. The molecule has 0 spiro atoms. The number of carbonyl (C=O) groups is 1. The van der Waals surface area contributed by atoms with Crippen LogP contribution in [0.2, 0.25) is 0 Å². The van der Waals surface area contributed by atoms with E-state index in [0.29, 0.717) is 12.2 Å². The van der Waals surface area contributed by atoms with Crippen molar-refractivity contribution in [2.24, 2.45) is 0 Å². The molecular weight excluding hydrogens is 164 g/mol. The predicted octanol–water partition coefficient (Wildman–Crippen LogP) is 0.484. The molecule has 0 aromatic rings. The molecule has 0 heterocycles. The molecule has 0 saturated carbocycles. The number of methoxy groups -OCH3 is 1. The second kappa shape index (κ2) is 6.09. The van der Waals surface area contributed by atoms with Gasteiger partial charge in [-0.1, -0.05) is 6.08 Å². The zero-order chi connectivity index (χ0) is 8.69. The first kappa shape index (κ1) is 10.4. The molecule has 0 aliphatic rings. The monoisotopic (exact) mass is 176 g/mol. The summed E-state index contributed by atoms with van der Waals surface area (Å²) >= 11 is 0. The van der Waals surface area contributed by atoms with E-state index in [1.165, 1.54) is 7.11 Å². The van der Waals surface area contributed by atoms with E-state index >= 15 is 0 Å². The van der Waals surface area contributed by atoms with Crippen molar-refractivity contribution in [2.75, 3.05) is 18.6 Å². The second-order valence-electron chi connectivity index (χ2n) is 1.94. The summed E-state index contributed by atoms with van der Waals surface area (Å²) in [5, 5.41) is 0. The van der Waals surface area contributed by atoms with E-state index in [1.807, 2.05) is 0 Å². The molecule has 0 aliphatic heterocycles. The van der Waals surface area contributed by atoms with Crippen LogP contribution in [0.5, 0.6) is 0 Å². The van der Waals surface area contributed by atoms with Crippen LogP contribution in [0.3, 0.4) is 0 Å². The SMILES string of the molecule is C=CCCS(=O)CC(=O)OC. The molecular formula is C7H12O3S. The summed E-state index contributed by atoms with van der Waals surface area (Å²) in [5.74, 6) is 0.0514. The Morgan fingerprint density at radius 2 is 2.36 bits per heavy atom. The summed E-state index contributed by atoms with van der Waals surface area (Å²) in [4.78, 5) is 10.5. The van der Waals surface area contributed by atoms with Gasteiger partial charge >= 0.3 is 5.97 Å². The van der Waals surface area contributed by atoms with Crippen LogP contribution in [-0.4, -0.2) is 28.8 Å². The van der Waals surface area contributed by atoms with E-state index in [1.54, 1.807) is 6.08 Å². The Kier molecular flexibility index (Phi) is 5.74. The summed E-state index contributed by atoms with van der Waals surface area (Å²) in [5.41, 5.74) is 0. The van der Waals surface area contributed by atoms with Gasteiger partial charge in [-0.05, 0) is 6.42 Å². The van der Waals surface area contributed by atoms with Gasteiger partial charge in [0.2, 0.25) is 0 Å². The van der Waals surface area contributed by atoms with Crippen LogP contribution in [0.4, 0.5) is 0 Å². The maximum Gasteiger partial charge on any atom is 0.318 e. The summed E-state index contributed by atoms with van der Waals surface area (Å²) in [6.07, 6.45) is 2.35. The van der Waals surface area contributed by atoms with Crippen molar-refractivity contribution < 1.29 is 13.7 Å². The van der Waals surface area contributed by atoms with Crippen molar-refractivity contribution in [3.8, 4) is 0 Å². The Morgan fingerprint density at radius 3 is 2.82 bits per heavy atom. The lowest BCUT2D eigenvalue weighted by atomic mass is 10.5. The van der Waals surface area contributed by atoms with Crippen LogP contribution < -0.4 is 0 Å². The van der Waals surface area contributed by atoms with Crippen molar-refractivity contribution in [3.63, 3.8) is 0 Å². The molecule has 3 nitrogen and oxygen atoms in total. The fourth-order valence-corrected chi connectivity index (χ4v) is 1.43. The average Bonchev–Trinajstić information content (AvgIpc) is 2.00. The van der Waals surface area contributed by atoms with E-state index < -0.39 is 16.8 Å². The second-order valence-corrected chi connectivity index (χ2v) is 3.52. The van der Waals surface area contributed by atoms with Crippen molar-refractivity contribution in [1.82, 2.24) is 0 Å². The van der Waals surface area contributed by atoms with Gasteiger partial charge in [0.15, 0.2) is 0 Å². The Bertz CT molecular complexity index is 165. The fraction of sp³-hybridized carbons (Fsp3) is 0.571. The molecule has 0 aromatic carbocycles. The molecule has 0 radical (unpaired) electrons. The number of ether oxygens (including phenoxy) is 1. The lowest BCUT2D eigenvalue weighted by Gasteiger charge is -1.97. The first-order chi connectivity index (χ1) is 5.20. The molecule has 64 valence electrons. The van der Waals surface area contributed by atoms with Crippen LogP contribution in [0, 0.1) is 0 Å². The third-order valence-electron chi connectivity index (χ3n) is 1.06. The lowest BCUT2D eigenvalue weighted by Crippen LogP contribution is -2.13. The molecule has 0 fully saturated rings. The van der Waals surface area contributed by atoms with Crippen molar-refractivity contribution >= 4 is 16.8 Å². The van der Waals surface area contributed by atoms with Gasteiger partial charge in [0.1, 0.15) is 5.75 Å². The van der Waals surface area contributed by atoms with Gasteiger partial charge in [-0.3, -0.25) is 9.00 Å². The van der Waals surface area contributed by atoms with E-state index in [4.69, 9.17) is 0 Å². The first-order valence-corrected chi connectivity index (χ1v) is 4.72. The van der Waals surface area contributed by atoms with E-state index in [9.17, 15) is 9.00 Å². The number of carbonyl (C=O) groups excluding carboxylic acids is 1. The third kappa shape index (κ3) is 5.79. The largest absolute Gasteiger partial charge is 0.468 e. The Hall–Kier alpha value is -0.640. The molecule has 1 unspecified atom stereocenters. The molecule has 0 saturated heterocycles. The summed E-state index contributed by atoms with van der Waals surface area (Å²) < 4.78 is 15.3. The van der Waals surface area contributed by atoms with Crippen molar-refractivity contribution in [2.45, 2.75) is 6.42 Å². The highest BCUT2D eigenvalue weighted by atomic mass is 32.2. The first-order valence-electron chi connectivity index (χ1n) is 3.23. The van der Waals surface area contributed by atoms with Gasteiger partial charge in [0.25, 0.3) is 0 Å². The van der Waals surface area contributed by atoms with Gasteiger partial charge in [0.05, 0.1) is 7.11 Å². The third-order valence-corrected chi connectivity index (χ3v) is 2.30. The van der Waals surface area contributed by atoms with Gasteiger partial charge in [0, 0.05) is 16.6 Å². The lowest BCUT2D eigenvalue weighted by molar-refractivity contribution is -0.137. The Morgan fingerprint density at radius 1 is 1.73 bits per heavy atom. The summed E-state index contributed by atoms with van der Waals surface area (Å²) in [7, 11) is 0.189. The van der Waals surface area contributed by atoms with Gasteiger partial charge in [-0.25, -0.2) is 0 Å². The van der Waals surface area contributed by atoms with Crippen LogP contribution in [0.1, 0.15) is 6.42 Å². The highest BCUT2D eigenvalue weighted by molar-refractivity contribution is 7.85.